The lowest BCUT2D eigenvalue weighted by Crippen LogP contribution is -1.95. The summed E-state index contributed by atoms with van der Waals surface area (Å²) in [4.78, 5) is 9.99. The highest BCUT2D eigenvalue weighted by molar-refractivity contribution is 6.13. The van der Waals surface area contributed by atoms with Gasteiger partial charge in [0.25, 0.3) is 0 Å². The zero-order chi connectivity index (χ0) is 18.7. The van der Waals surface area contributed by atoms with E-state index < -0.39 is 0 Å². The minimum absolute atomic E-state index is 0.873. The van der Waals surface area contributed by atoms with E-state index in [0.29, 0.717) is 0 Å². The Balaban J connectivity index is 1.75. The van der Waals surface area contributed by atoms with Crippen LogP contribution in [0.3, 0.4) is 0 Å². The number of para-hydroxylation sites is 1. The second kappa shape index (κ2) is 5.64. The van der Waals surface area contributed by atoms with E-state index in [1.165, 1.54) is 5.39 Å². The Morgan fingerprint density at radius 2 is 1.46 bits per heavy atom. The molecule has 0 saturated heterocycles. The van der Waals surface area contributed by atoms with Crippen molar-refractivity contribution in [3.05, 3.63) is 84.6 Å². The first-order valence-electron chi connectivity index (χ1n) is 9.36. The summed E-state index contributed by atoms with van der Waals surface area (Å²) in [6.45, 7) is 2.03. The predicted molar refractivity (Wildman–Crippen MR) is 114 cm³/mol. The molecule has 0 radical (unpaired) electrons. The number of hydrogen-bond donors (Lipinski definition) is 0. The molecule has 0 unspecified atom stereocenters. The second-order valence-corrected chi connectivity index (χ2v) is 7.09. The Bertz CT molecular complexity index is 1530. The molecule has 0 aliphatic rings. The molecule has 0 saturated carbocycles. The molecular formula is C25H16N2O. The van der Waals surface area contributed by atoms with Crippen molar-refractivity contribution in [1.82, 2.24) is 9.97 Å². The predicted octanol–water partition coefficient (Wildman–Crippen LogP) is 6.66. The first-order chi connectivity index (χ1) is 13.8. The molecule has 6 rings (SSSR count). The van der Waals surface area contributed by atoms with Gasteiger partial charge in [-0.15, -0.1) is 0 Å². The average Bonchev–Trinajstić information content (AvgIpc) is 3.12. The number of aromatic nitrogens is 2. The molecular weight excluding hydrogens is 344 g/mol. The monoisotopic (exact) mass is 360 g/mol. The van der Waals surface area contributed by atoms with Crippen molar-refractivity contribution in [3.8, 4) is 11.3 Å². The summed E-state index contributed by atoms with van der Waals surface area (Å²) >= 11 is 0. The number of benzene rings is 4. The van der Waals surface area contributed by atoms with Gasteiger partial charge in [-0.1, -0.05) is 60.7 Å². The van der Waals surface area contributed by atoms with Gasteiger partial charge in [0, 0.05) is 21.7 Å². The number of fused-ring (bicyclic) bond motifs is 6. The molecule has 28 heavy (non-hydrogen) atoms. The van der Waals surface area contributed by atoms with Crippen LogP contribution in [0.4, 0.5) is 0 Å². The van der Waals surface area contributed by atoms with Crippen LogP contribution in [0.25, 0.3) is 55.0 Å². The molecule has 0 atom stereocenters. The third-order valence-corrected chi connectivity index (χ3v) is 5.39. The molecule has 0 N–H and O–H groups in total. The lowest BCUT2D eigenvalue weighted by atomic mass is 10.0. The Morgan fingerprint density at radius 3 is 2.39 bits per heavy atom. The summed E-state index contributed by atoms with van der Waals surface area (Å²) < 4.78 is 6.06. The van der Waals surface area contributed by atoms with E-state index in [0.717, 1.165) is 55.3 Å². The zero-order valence-electron chi connectivity index (χ0n) is 15.3. The van der Waals surface area contributed by atoms with Gasteiger partial charge in [-0.25, -0.2) is 9.97 Å². The minimum atomic E-state index is 0.873. The number of hydrogen-bond acceptors (Lipinski definition) is 3. The Kier molecular flexibility index (Phi) is 3.09. The van der Waals surface area contributed by atoms with E-state index in [1.807, 2.05) is 43.3 Å². The van der Waals surface area contributed by atoms with Gasteiger partial charge in [0.05, 0.1) is 22.4 Å². The van der Waals surface area contributed by atoms with Gasteiger partial charge in [-0.2, -0.15) is 0 Å². The average molecular weight is 360 g/mol. The highest BCUT2D eigenvalue weighted by Gasteiger charge is 2.16. The van der Waals surface area contributed by atoms with Crippen molar-refractivity contribution < 1.29 is 4.42 Å². The van der Waals surface area contributed by atoms with Crippen molar-refractivity contribution in [3.63, 3.8) is 0 Å². The molecule has 0 spiro atoms. The molecule has 3 nitrogen and oxygen atoms in total. The lowest BCUT2D eigenvalue weighted by Gasteiger charge is -2.10. The fourth-order valence-corrected chi connectivity index (χ4v) is 4.10. The maximum atomic E-state index is 6.06. The molecule has 3 heteroatoms. The summed E-state index contributed by atoms with van der Waals surface area (Å²) in [5, 5.41) is 4.49. The molecule has 0 aliphatic carbocycles. The molecule has 0 fully saturated rings. The maximum absolute atomic E-state index is 6.06. The Morgan fingerprint density at radius 1 is 0.679 bits per heavy atom. The van der Waals surface area contributed by atoms with Gasteiger partial charge in [0.1, 0.15) is 11.2 Å². The topological polar surface area (TPSA) is 38.9 Å². The first-order valence-corrected chi connectivity index (χ1v) is 9.36. The maximum Gasteiger partial charge on any atom is 0.136 e. The Hall–Kier alpha value is -3.72. The number of furan rings is 1. The van der Waals surface area contributed by atoms with Crippen LogP contribution in [0, 0.1) is 6.92 Å². The van der Waals surface area contributed by atoms with Crippen LogP contribution >= 0.6 is 0 Å². The second-order valence-electron chi connectivity index (χ2n) is 7.09. The lowest BCUT2D eigenvalue weighted by molar-refractivity contribution is 0.669. The van der Waals surface area contributed by atoms with Crippen molar-refractivity contribution >= 4 is 43.7 Å². The normalized spacial score (nSPS) is 11.8. The largest absolute Gasteiger partial charge is 0.456 e. The van der Waals surface area contributed by atoms with E-state index in [2.05, 4.69) is 42.5 Å². The zero-order valence-corrected chi connectivity index (χ0v) is 15.3. The van der Waals surface area contributed by atoms with Crippen LogP contribution in [0.5, 0.6) is 0 Å². The van der Waals surface area contributed by atoms with Crippen LogP contribution in [0.15, 0.2) is 83.3 Å². The van der Waals surface area contributed by atoms with E-state index in [9.17, 15) is 0 Å². The first kappa shape index (κ1) is 15.3. The van der Waals surface area contributed by atoms with E-state index in [4.69, 9.17) is 14.4 Å². The van der Waals surface area contributed by atoms with Gasteiger partial charge in [0.2, 0.25) is 0 Å². The van der Waals surface area contributed by atoms with Crippen molar-refractivity contribution in [2.75, 3.05) is 0 Å². The smallest absolute Gasteiger partial charge is 0.136 e. The molecule has 0 amide bonds. The summed E-state index contributed by atoms with van der Waals surface area (Å²) in [5.41, 5.74) is 6.50. The fourth-order valence-electron chi connectivity index (χ4n) is 4.10. The van der Waals surface area contributed by atoms with Gasteiger partial charge in [-0.3, -0.25) is 0 Å². The highest BCUT2D eigenvalue weighted by Crippen LogP contribution is 2.37. The molecule has 2 aromatic heterocycles. The summed E-state index contributed by atoms with van der Waals surface area (Å²) in [6, 6.07) is 26.8. The van der Waals surface area contributed by atoms with Crippen LogP contribution in [-0.4, -0.2) is 9.97 Å². The summed E-state index contributed by atoms with van der Waals surface area (Å²) in [7, 11) is 0. The molecule has 4 aromatic carbocycles. The van der Waals surface area contributed by atoms with Crippen molar-refractivity contribution in [1.29, 1.82) is 0 Å². The van der Waals surface area contributed by atoms with Gasteiger partial charge in [0.15, 0.2) is 0 Å². The van der Waals surface area contributed by atoms with E-state index >= 15 is 0 Å². The van der Waals surface area contributed by atoms with Gasteiger partial charge >= 0.3 is 0 Å². The summed E-state index contributed by atoms with van der Waals surface area (Å²) in [6.07, 6.45) is 0. The van der Waals surface area contributed by atoms with Gasteiger partial charge < -0.3 is 4.42 Å². The third-order valence-electron chi connectivity index (χ3n) is 5.39. The number of aryl methyl sites for hydroxylation is 1. The van der Waals surface area contributed by atoms with E-state index in [1.54, 1.807) is 0 Å². The van der Waals surface area contributed by atoms with Crippen LogP contribution in [-0.2, 0) is 0 Å². The van der Waals surface area contributed by atoms with Crippen LogP contribution in [0.1, 0.15) is 5.69 Å². The SMILES string of the molecule is Cc1nc2ccc3ccccc3c2nc1-c1cccc2oc3ccccc3c12. The minimum Gasteiger partial charge on any atom is -0.456 e. The van der Waals surface area contributed by atoms with Crippen LogP contribution in [0.2, 0.25) is 0 Å². The van der Waals surface area contributed by atoms with Crippen LogP contribution < -0.4 is 0 Å². The highest BCUT2D eigenvalue weighted by atomic mass is 16.3. The standard InChI is InChI=1S/C25H16N2O/c1-15-24(27-25-17-8-3-2-7-16(17)13-14-20(25)26-15)19-10-6-12-22-23(19)18-9-4-5-11-21(18)28-22/h2-14H,1H3. The Labute approximate surface area is 161 Å². The molecule has 0 aliphatic heterocycles. The van der Waals surface area contributed by atoms with E-state index in [-0.39, 0.29) is 0 Å². The van der Waals surface area contributed by atoms with Gasteiger partial charge in [-0.05, 0) is 30.5 Å². The third kappa shape index (κ3) is 2.10. The molecule has 6 aromatic rings. The molecule has 132 valence electrons. The molecule has 2 heterocycles. The molecule has 0 bridgehead atoms. The quantitative estimate of drug-likeness (QED) is 0.308. The number of rotatable bonds is 1. The fraction of sp³-hybridized carbons (Fsp3) is 0.0400. The number of nitrogens with zero attached hydrogens (tertiary/aromatic N) is 2. The summed E-state index contributed by atoms with van der Waals surface area (Å²) in [5.74, 6) is 0. The van der Waals surface area contributed by atoms with Crippen molar-refractivity contribution in [2.45, 2.75) is 6.92 Å². The van der Waals surface area contributed by atoms with Crippen molar-refractivity contribution in [2.24, 2.45) is 0 Å².